The molecular weight excluding hydrogens is 885 g/mol. The van der Waals surface area contributed by atoms with E-state index in [0.717, 1.165) is 11.1 Å². The predicted molar refractivity (Wildman–Crippen MR) is 249 cm³/mol. The van der Waals surface area contributed by atoms with E-state index in [4.69, 9.17) is 17.2 Å². The number of benzene rings is 1. The Hall–Kier alpha value is -5.62. The van der Waals surface area contributed by atoms with Gasteiger partial charge in [-0.2, -0.15) is 11.8 Å². The van der Waals surface area contributed by atoms with Gasteiger partial charge in [-0.15, -0.1) is 0 Å². The van der Waals surface area contributed by atoms with Crippen LogP contribution in [0.2, 0.25) is 0 Å². The molecule has 1 aliphatic rings. The van der Waals surface area contributed by atoms with Gasteiger partial charge in [0.1, 0.15) is 47.8 Å². The molecule has 0 saturated carbocycles. The zero-order valence-electron chi connectivity index (χ0n) is 37.8. The number of aliphatic imine (C=N–C) groups is 1. The van der Waals surface area contributed by atoms with Gasteiger partial charge in [-0.1, -0.05) is 38.1 Å². The van der Waals surface area contributed by atoms with Crippen molar-refractivity contribution in [3.05, 3.63) is 35.4 Å². The number of carbonyl (C=O) groups excluding carboxylic acids is 8. The van der Waals surface area contributed by atoms with Crippen molar-refractivity contribution in [1.29, 1.82) is 0 Å². The third-order valence-electron chi connectivity index (χ3n) is 9.74. The number of carboxylic acids is 1. The molecule has 2 rings (SSSR count). The maximum atomic E-state index is 13.6. The molecule has 0 radical (unpaired) electrons. The van der Waals surface area contributed by atoms with Crippen LogP contribution >= 0.6 is 11.8 Å². The highest BCUT2D eigenvalue weighted by Crippen LogP contribution is 2.18. The number of aliphatic carboxylic acids is 1. The highest BCUT2D eigenvalue weighted by Gasteiger charge is 2.30. The van der Waals surface area contributed by atoms with Crippen LogP contribution in [0.5, 0.6) is 0 Å². The molecule has 15 N–H and O–H groups in total. The molecule has 8 atom stereocenters. The van der Waals surface area contributed by atoms with Crippen molar-refractivity contribution in [2.75, 3.05) is 37.4 Å². The van der Waals surface area contributed by atoms with Crippen molar-refractivity contribution in [2.24, 2.45) is 28.1 Å². The minimum absolute atomic E-state index is 0.0454. The van der Waals surface area contributed by atoms with Gasteiger partial charge in [0, 0.05) is 30.0 Å². The Balaban J connectivity index is 2.17. The summed E-state index contributed by atoms with van der Waals surface area (Å²) >= 11 is 1.32. The summed E-state index contributed by atoms with van der Waals surface area (Å²) in [4.78, 5) is 120. The molecule has 1 aromatic carbocycles. The first kappa shape index (κ1) is 55.5. The Bertz CT molecular complexity index is 1870. The molecule has 2 bridgehead atoms. The highest BCUT2D eigenvalue weighted by molar-refractivity contribution is 7.98. The molecule has 1 heterocycles. The fourth-order valence-electron chi connectivity index (χ4n) is 6.15. The summed E-state index contributed by atoms with van der Waals surface area (Å²) in [6.45, 7) is 6.95. The molecule has 0 saturated heterocycles. The zero-order chi connectivity index (χ0) is 48.8. The lowest BCUT2D eigenvalue weighted by Crippen LogP contribution is -2.58. The Morgan fingerprint density at radius 1 is 0.862 bits per heavy atom. The topological polar surface area (TPSA) is 361 Å². The van der Waals surface area contributed by atoms with Gasteiger partial charge >= 0.3 is 5.97 Å². The fourth-order valence-corrected chi connectivity index (χ4v) is 8.68. The number of guanidine groups is 1. The lowest BCUT2D eigenvalue weighted by Gasteiger charge is -2.23. The second-order valence-corrected chi connectivity index (χ2v) is 19.5. The molecule has 362 valence electrons. The minimum atomic E-state index is -1.21. The Kier molecular flexibility index (Phi) is 24.2. The molecule has 0 aliphatic carbocycles. The van der Waals surface area contributed by atoms with E-state index >= 15 is 0 Å². The van der Waals surface area contributed by atoms with E-state index in [2.05, 4.69) is 47.5 Å². The third-order valence-corrected chi connectivity index (χ3v) is 12.6. The lowest BCUT2D eigenvalue weighted by molar-refractivity contribution is -0.142. The lowest BCUT2D eigenvalue weighted by atomic mass is 10.0. The van der Waals surface area contributed by atoms with Crippen molar-refractivity contribution < 1.29 is 48.3 Å². The molecule has 0 fully saturated rings. The number of amides is 8. The normalized spacial score (nSPS) is 22.6. The first-order chi connectivity index (χ1) is 30.6. The second kappa shape index (κ2) is 28.3. The van der Waals surface area contributed by atoms with E-state index in [9.17, 15) is 48.3 Å². The molecule has 1 aromatic rings. The Labute approximate surface area is 386 Å². The number of nitrogens with zero attached hydrogens (tertiary/aromatic N) is 1. The maximum absolute atomic E-state index is 13.6. The van der Waals surface area contributed by atoms with Crippen LogP contribution in [0.3, 0.4) is 0 Å². The van der Waals surface area contributed by atoms with Crippen molar-refractivity contribution in [1.82, 2.24) is 42.5 Å². The summed E-state index contributed by atoms with van der Waals surface area (Å²) in [6, 6.07) is -0.0929. The first-order valence-corrected chi connectivity index (χ1v) is 24.3. The minimum Gasteiger partial charge on any atom is -0.480 e. The molecule has 0 spiro atoms. The van der Waals surface area contributed by atoms with Gasteiger partial charge in [-0.05, 0) is 62.4 Å². The van der Waals surface area contributed by atoms with Crippen molar-refractivity contribution in [2.45, 2.75) is 114 Å². The van der Waals surface area contributed by atoms with Gasteiger partial charge in [0.05, 0.1) is 25.4 Å². The summed E-state index contributed by atoms with van der Waals surface area (Å²) in [5.41, 5.74) is 18.7. The first-order valence-electron chi connectivity index (χ1n) is 21.2. The van der Waals surface area contributed by atoms with E-state index < -0.39 is 109 Å². The van der Waals surface area contributed by atoms with Crippen LogP contribution in [0.25, 0.3) is 0 Å². The van der Waals surface area contributed by atoms with Gasteiger partial charge in [0.25, 0.3) is 0 Å². The van der Waals surface area contributed by atoms with Crippen LogP contribution in [0.1, 0.15) is 71.4 Å². The number of rotatable bonds is 15. The number of carboxylic acid groups (broad SMARTS) is 1. The van der Waals surface area contributed by atoms with Crippen LogP contribution in [-0.4, -0.2) is 144 Å². The summed E-state index contributed by atoms with van der Waals surface area (Å²) < 4.78 is 0. The summed E-state index contributed by atoms with van der Waals surface area (Å²) in [5, 5.41) is 29.8. The predicted octanol–water partition coefficient (Wildman–Crippen LogP) is -3.22. The van der Waals surface area contributed by atoms with E-state index in [1.807, 2.05) is 44.4 Å². The second-order valence-electron chi connectivity index (χ2n) is 16.2. The average Bonchev–Trinajstić information content (AvgIpc) is 3.23. The summed E-state index contributed by atoms with van der Waals surface area (Å²) in [6.07, 6.45) is 2.99. The molecule has 0 aromatic heterocycles. The van der Waals surface area contributed by atoms with Crippen LogP contribution in [0.4, 0.5) is 0 Å². The largest absolute Gasteiger partial charge is 0.480 e. The number of hydrogen-bond donors (Lipinski definition) is 12. The monoisotopic (exact) mass is 951 g/mol. The standard InChI is InChI=1S/C41H66N12O10S2/c1-22(2)15-28(42)37(59)52-29(11-8-13-45-41(43)44)38(60)47-17-32(54)46-18-33(55)51-31-20-64-19-26-9-7-10-27(16-26)21-65(6)14-12-30(40(62)63)53-36(58)25(5)49-34(56)23(3)48-35(57)24(4)50-39(31)61/h7,9-10,16,22-25,28-31H,8,11-15,17-21,42H2,1-6H3,(H12-,43,44,45,46,47,48,49,50,51,52,53,54,55,56,57,58,59,60,61,62,63)/p+1/t23-,24-,25-,28-,29-,30-,31-,65?/m0/s1. The van der Waals surface area contributed by atoms with Crippen molar-refractivity contribution >= 4 is 81.8 Å². The van der Waals surface area contributed by atoms with Gasteiger partial charge < -0.3 is 64.8 Å². The number of nitrogens with two attached hydrogens (primary N) is 3. The van der Waals surface area contributed by atoms with Crippen LogP contribution < -0.4 is 59.7 Å². The van der Waals surface area contributed by atoms with Crippen LogP contribution in [0, 0.1) is 5.92 Å². The van der Waals surface area contributed by atoms with Crippen molar-refractivity contribution in [3.8, 4) is 0 Å². The third kappa shape index (κ3) is 21.7. The van der Waals surface area contributed by atoms with Gasteiger partial charge in [-0.25, -0.2) is 4.79 Å². The van der Waals surface area contributed by atoms with E-state index in [-0.39, 0.29) is 47.9 Å². The SMILES string of the molecule is CC(C)C[C@H](N)C(=O)N[C@@H](CCCN=C(N)N)C(=O)NCC(=O)NCC(=O)N[C@H]1CSCc2cccc(c2)C[S+](C)CC[C@@H](C(=O)O)NC(=O)[C@H](C)NC(=O)[C@H](C)NC(=O)[C@H](C)NC1=O. The Morgan fingerprint density at radius 3 is 2.05 bits per heavy atom. The van der Waals surface area contributed by atoms with Gasteiger partial charge in [0.2, 0.25) is 47.3 Å². The Morgan fingerprint density at radius 2 is 1.45 bits per heavy atom. The summed E-state index contributed by atoms with van der Waals surface area (Å²) in [5.74, 6) is -5.27. The van der Waals surface area contributed by atoms with Gasteiger partial charge in [-0.3, -0.25) is 43.3 Å². The van der Waals surface area contributed by atoms with Crippen LogP contribution in [-0.2, 0) is 65.6 Å². The smallest absolute Gasteiger partial charge is 0.326 e. The zero-order valence-corrected chi connectivity index (χ0v) is 39.5. The number of hydrogen-bond acceptors (Lipinski definition) is 12. The quantitative estimate of drug-likeness (QED) is 0.0357. The van der Waals surface area contributed by atoms with Crippen molar-refractivity contribution in [3.63, 3.8) is 0 Å². The number of fused-ring (bicyclic) bond motifs is 2. The molecule has 65 heavy (non-hydrogen) atoms. The van der Waals surface area contributed by atoms with E-state index in [1.54, 1.807) is 0 Å². The molecule has 1 unspecified atom stereocenters. The van der Waals surface area contributed by atoms with E-state index in [1.165, 1.54) is 32.5 Å². The molecule has 24 heteroatoms. The number of nitrogens with one attached hydrogen (secondary N) is 8. The van der Waals surface area contributed by atoms with Gasteiger partial charge in [0.15, 0.2) is 5.96 Å². The number of thioether (sulfide) groups is 1. The maximum Gasteiger partial charge on any atom is 0.326 e. The molecule has 1 aliphatic heterocycles. The highest BCUT2D eigenvalue weighted by atomic mass is 32.2. The molecule has 22 nitrogen and oxygen atoms in total. The van der Waals surface area contributed by atoms with Crippen LogP contribution in [0.15, 0.2) is 29.3 Å². The fraction of sp³-hybridized carbons (Fsp3) is 0.610. The summed E-state index contributed by atoms with van der Waals surface area (Å²) in [7, 11) is -0.269. The molecular formula is C41H67N12O10S2+. The number of carbonyl (C=O) groups is 9. The molecule has 8 amide bonds. The van der Waals surface area contributed by atoms with E-state index in [0.29, 0.717) is 30.1 Å². The average molecular weight is 952 g/mol.